The summed E-state index contributed by atoms with van der Waals surface area (Å²) in [5.74, 6) is -0.0921. The molecular weight excluding hydrogens is 248 g/mol. The highest BCUT2D eigenvalue weighted by Gasteiger charge is 2.29. The molecule has 0 radical (unpaired) electrons. The number of hydrogen-bond donors (Lipinski definition) is 1. The third-order valence-corrected chi connectivity index (χ3v) is 3.79. The van der Waals surface area contributed by atoms with Crippen LogP contribution in [0.3, 0.4) is 0 Å². The predicted molar refractivity (Wildman–Crippen MR) is 68.5 cm³/mol. The number of methoxy groups -OCH3 is 1. The zero-order valence-electron chi connectivity index (χ0n) is 11.4. The average molecular weight is 270 g/mol. The summed E-state index contributed by atoms with van der Waals surface area (Å²) in [6.07, 6.45) is 1.81. The smallest absolute Gasteiger partial charge is 0.308 e. The molecule has 6 nitrogen and oxygen atoms in total. The molecule has 1 N–H and O–H groups in total. The first-order chi connectivity index (χ1) is 9.20. The van der Waals surface area contributed by atoms with Crippen molar-refractivity contribution in [3.63, 3.8) is 0 Å². The Bertz CT molecular complexity index is 321. The van der Waals surface area contributed by atoms with Crippen molar-refractivity contribution in [3.05, 3.63) is 0 Å². The van der Waals surface area contributed by atoms with E-state index in [1.54, 1.807) is 0 Å². The van der Waals surface area contributed by atoms with E-state index < -0.39 is 0 Å². The Labute approximate surface area is 113 Å². The van der Waals surface area contributed by atoms with Crippen molar-refractivity contribution >= 4 is 11.9 Å². The van der Waals surface area contributed by atoms with Crippen molar-refractivity contribution in [2.75, 3.05) is 39.9 Å². The zero-order valence-corrected chi connectivity index (χ0v) is 11.4. The number of morpholine rings is 1. The summed E-state index contributed by atoms with van der Waals surface area (Å²) >= 11 is 0. The first-order valence-corrected chi connectivity index (χ1v) is 6.88. The van der Waals surface area contributed by atoms with Gasteiger partial charge in [-0.3, -0.25) is 9.59 Å². The SMILES string of the molecule is COC(=O)C1CCN(C(=O)CC2CNCCO2)CC1. The summed E-state index contributed by atoms with van der Waals surface area (Å²) in [6, 6.07) is 0. The molecule has 0 aromatic carbocycles. The third kappa shape index (κ3) is 3.91. The number of carbonyl (C=O) groups excluding carboxylic acids is 2. The molecule has 2 aliphatic rings. The van der Waals surface area contributed by atoms with Gasteiger partial charge in [-0.15, -0.1) is 0 Å². The standard InChI is InChI=1S/C13H22N2O4/c1-18-13(17)10-2-5-15(6-3-10)12(16)8-11-9-14-4-7-19-11/h10-11,14H,2-9H2,1H3. The molecule has 1 atom stereocenters. The molecule has 0 saturated carbocycles. The minimum Gasteiger partial charge on any atom is -0.469 e. The van der Waals surface area contributed by atoms with Gasteiger partial charge in [0.15, 0.2) is 0 Å². The van der Waals surface area contributed by atoms with Gasteiger partial charge in [-0.05, 0) is 12.8 Å². The number of amides is 1. The quantitative estimate of drug-likeness (QED) is 0.718. The second-order valence-electron chi connectivity index (χ2n) is 5.08. The van der Waals surface area contributed by atoms with E-state index in [2.05, 4.69) is 5.32 Å². The number of piperidine rings is 1. The number of likely N-dealkylation sites (tertiary alicyclic amines) is 1. The Morgan fingerprint density at radius 3 is 2.68 bits per heavy atom. The highest BCUT2D eigenvalue weighted by Crippen LogP contribution is 2.19. The topological polar surface area (TPSA) is 67.9 Å². The molecular formula is C13H22N2O4. The number of rotatable bonds is 3. The van der Waals surface area contributed by atoms with Crippen LogP contribution in [-0.2, 0) is 19.1 Å². The molecule has 0 spiro atoms. The molecule has 19 heavy (non-hydrogen) atoms. The lowest BCUT2D eigenvalue weighted by Gasteiger charge is -2.32. The van der Waals surface area contributed by atoms with E-state index in [0.29, 0.717) is 39.0 Å². The molecule has 2 heterocycles. The fourth-order valence-electron chi connectivity index (χ4n) is 2.61. The Kier molecular flexibility index (Phi) is 5.15. The molecule has 1 amide bonds. The van der Waals surface area contributed by atoms with Crippen molar-refractivity contribution in [2.24, 2.45) is 5.92 Å². The van der Waals surface area contributed by atoms with E-state index in [4.69, 9.17) is 9.47 Å². The van der Waals surface area contributed by atoms with Crippen molar-refractivity contribution in [3.8, 4) is 0 Å². The van der Waals surface area contributed by atoms with Crippen LogP contribution in [0.4, 0.5) is 0 Å². The Balaban J connectivity index is 1.74. The molecule has 2 aliphatic heterocycles. The van der Waals surface area contributed by atoms with Crippen molar-refractivity contribution in [2.45, 2.75) is 25.4 Å². The number of carbonyl (C=O) groups is 2. The maximum Gasteiger partial charge on any atom is 0.308 e. The van der Waals surface area contributed by atoms with Crippen LogP contribution >= 0.6 is 0 Å². The fourth-order valence-corrected chi connectivity index (χ4v) is 2.61. The Morgan fingerprint density at radius 1 is 1.37 bits per heavy atom. The minimum atomic E-state index is -0.160. The van der Waals surface area contributed by atoms with Crippen LogP contribution in [-0.4, -0.2) is 62.8 Å². The molecule has 1 unspecified atom stereocenters. The van der Waals surface area contributed by atoms with Crippen LogP contribution in [0.25, 0.3) is 0 Å². The van der Waals surface area contributed by atoms with Gasteiger partial charge in [-0.2, -0.15) is 0 Å². The lowest BCUT2D eigenvalue weighted by atomic mass is 9.96. The first kappa shape index (κ1) is 14.3. The highest BCUT2D eigenvalue weighted by molar-refractivity contribution is 5.77. The van der Waals surface area contributed by atoms with Gasteiger partial charge in [0.05, 0.1) is 32.2 Å². The van der Waals surface area contributed by atoms with Crippen LogP contribution in [0.2, 0.25) is 0 Å². The van der Waals surface area contributed by atoms with Crippen molar-refractivity contribution < 1.29 is 19.1 Å². The molecule has 0 bridgehead atoms. The molecule has 2 fully saturated rings. The normalized spacial score (nSPS) is 25.1. The van der Waals surface area contributed by atoms with E-state index in [9.17, 15) is 9.59 Å². The largest absolute Gasteiger partial charge is 0.469 e. The molecule has 2 rings (SSSR count). The molecule has 0 aromatic rings. The summed E-state index contributed by atoms with van der Waals surface area (Å²) in [4.78, 5) is 25.4. The second-order valence-corrected chi connectivity index (χ2v) is 5.08. The average Bonchev–Trinajstić information content (AvgIpc) is 2.47. The molecule has 0 aromatic heterocycles. The van der Waals surface area contributed by atoms with Gasteiger partial charge in [0.2, 0.25) is 5.91 Å². The maximum absolute atomic E-state index is 12.1. The monoisotopic (exact) mass is 270 g/mol. The van der Waals surface area contributed by atoms with Crippen molar-refractivity contribution in [1.82, 2.24) is 10.2 Å². The first-order valence-electron chi connectivity index (χ1n) is 6.88. The van der Waals surface area contributed by atoms with E-state index >= 15 is 0 Å². The maximum atomic E-state index is 12.1. The summed E-state index contributed by atoms with van der Waals surface area (Å²) in [5.41, 5.74) is 0. The van der Waals surface area contributed by atoms with Crippen LogP contribution in [0, 0.1) is 5.92 Å². The predicted octanol–water partition coefficient (Wildman–Crippen LogP) is -0.223. The van der Waals surface area contributed by atoms with Gasteiger partial charge >= 0.3 is 5.97 Å². The third-order valence-electron chi connectivity index (χ3n) is 3.79. The summed E-state index contributed by atoms with van der Waals surface area (Å²) in [6.45, 7) is 3.54. The molecule has 6 heteroatoms. The van der Waals surface area contributed by atoms with Crippen LogP contribution < -0.4 is 5.32 Å². The Morgan fingerprint density at radius 2 is 2.11 bits per heavy atom. The van der Waals surface area contributed by atoms with Crippen LogP contribution in [0.15, 0.2) is 0 Å². The number of nitrogens with zero attached hydrogens (tertiary/aromatic N) is 1. The van der Waals surface area contributed by atoms with Gasteiger partial charge in [-0.25, -0.2) is 0 Å². The number of hydrogen-bond acceptors (Lipinski definition) is 5. The molecule has 108 valence electrons. The lowest BCUT2D eigenvalue weighted by Crippen LogP contribution is -2.45. The number of esters is 1. The van der Waals surface area contributed by atoms with Gasteiger partial charge in [0.1, 0.15) is 0 Å². The van der Waals surface area contributed by atoms with E-state index in [0.717, 1.165) is 13.1 Å². The van der Waals surface area contributed by atoms with Crippen molar-refractivity contribution in [1.29, 1.82) is 0 Å². The van der Waals surface area contributed by atoms with E-state index in [1.807, 2.05) is 4.90 Å². The summed E-state index contributed by atoms with van der Waals surface area (Å²) in [5, 5.41) is 3.22. The Hall–Kier alpha value is -1.14. The van der Waals surface area contributed by atoms with Gasteiger partial charge in [0.25, 0.3) is 0 Å². The molecule has 0 aliphatic carbocycles. The zero-order chi connectivity index (χ0) is 13.7. The molecule has 2 saturated heterocycles. The minimum absolute atomic E-state index is 0.0143. The number of nitrogens with one attached hydrogen (secondary N) is 1. The summed E-state index contributed by atoms with van der Waals surface area (Å²) < 4.78 is 10.3. The summed E-state index contributed by atoms with van der Waals surface area (Å²) in [7, 11) is 1.41. The van der Waals surface area contributed by atoms with Gasteiger partial charge in [0, 0.05) is 26.2 Å². The van der Waals surface area contributed by atoms with Gasteiger partial charge in [-0.1, -0.05) is 0 Å². The van der Waals surface area contributed by atoms with E-state index in [1.165, 1.54) is 7.11 Å². The lowest BCUT2D eigenvalue weighted by molar-refractivity contribution is -0.149. The van der Waals surface area contributed by atoms with E-state index in [-0.39, 0.29) is 23.9 Å². The van der Waals surface area contributed by atoms with Gasteiger partial charge < -0.3 is 19.7 Å². The van der Waals surface area contributed by atoms with Crippen LogP contribution in [0.5, 0.6) is 0 Å². The second kappa shape index (κ2) is 6.86. The fraction of sp³-hybridized carbons (Fsp3) is 0.846. The highest BCUT2D eigenvalue weighted by atomic mass is 16.5. The van der Waals surface area contributed by atoms with Crippen LogP contribution in [0.1, 0.15) is 19.3 Å². The number of ether oxygens (including phenoxy) is 2.